The Kier molecular flexibility index (Phi) is 3.35. The van der Waals surface area contributed by atoms with E-state index in [-0.39, 0.29) is 5.97 Å². The topological polar surface area (TPSA) is 56.5 Å². The van der Waals surface area contributed by atoms with E-state index < -0.39 is 0 Å². The van der Waals surface area contributed by atoms with Crippen molar-refractivity contribution >= 4 is 34.1 Å². The van der Waals surface area contributed by atoms with Gasteiger partial charge in [-0.2, -0.15) is 0 Å². The zero-order chi connectivity index (χ0) is 16.8. The first-order chi connectivity index (χ1) is 11.6. The molecule has 24 heavy (non-hydrogen) atoms. The highest BCUT2D eigenvalue weighted by molar-refractivity contribution is 7.13. The van der Waals surface area contributed by atoms with Gasteiger partial charge in [0.1, 0.15) is 5.56 Å². The number of ether oxygens (including phenoxy) is 1. The van der Waals surface area contributed by atoms with E-state index in [0.29, 0.717) is 17.0 Å². The molecule has 0 saturated heterocycles. The number of aryl methyl sites for hydroxylation is 2. The standard InChI is InChI=1S/C18H15N3O2S/c1-10-8-9-24-16(10)15-14(17(22)23-3)11(2)19-18-20-12-6-4-5-7-13(12)21(15)18/h4-9H,1-3H3. The van der Waals surface area contributed by atoms with Crippen LogP contribution >= 0.6 is 11.3 Å². The molecule has 0 spiro atoms. The molecular weight excluding hydrogens is 322 g/mol. The van der Waals surface area contributed by atoms with Gasteiger partial charge in [0.15, 0.2) is 0 Å². The highest BCUT2D eigenvalue weighted by Crippen LogP contribution is 2.35. The lowest BCUT2D eigenvalue weighted by molar-refractivity contribution is 0.0600. The van der Waals surface area contributed by atoms with E-state index in [1.54, 1.807) is 11.3 Å². The number of carbonyl (C=O) groups is 1. The fraction of sp³-hybridized carbons (Fsp3) is 0.167. The Labute approximate surface area is 142 Å². The van der Waals surface area contributed by atoms with Crippen LogP contribution in [-0.4, -0.2) is 27.4 Å². The maximum atomic E-state index is 12.5. The molecule has 4 rings (SSSR count). The number of fused-ring (bicyclic) bond motifs is 3. The van der Waals surface area contributed by atoms with Crippen molar-refractivity contribution < 1.29 is 9.53 Å². The van der Waals surface area contributed by atoms with Gasteiger partial charge in [0.25, 0.3) is 0 Å². The van der Waals surface area contributed by atoms with Crippen LogP contribution < -0.4 is 0 Å². The van der Waals surface area contributed by atoms with E-state index in [1.807, 2.05) is 54.0 Å². The molecule has 0 aliphatic rings. The molecule has 5 nitrogen and oxygen atoms in total. The lowest BCUT2D eigenvalue weighted by atomic mass is 10.1. The number of benzene rings is 1. The maximum absolute atomic E-state index is 12.5. The van der Waals surface area contributed by atoms with E-state index in [0.717, 1.165) is 27.2 Å². The third-order valence-electron chi connectivity index (χ3n) is 4.10. The Balaban J connectivity index is 2.26. The number of para-hydroxylation sites is 2. The minimum Gasteiger partial charge on any atom is -0.465 e. The number of hydrogen-bond acceptors (Lipinski definition) is 5. The van der Waals surface area contributed by atoms with Crippen LogP contribution in [0.15, 0.2) is 35.7 Å². The molecule has 0 aliphatic carbocycles. The van der Waals surface area contributed by atoms with Gasteiger partial charge in [-0.15, -0.1) is 11.3 Å². The number of nitrogens with zero attached hydrogens (tertiary/aromatic N) is 3. The first-order valence-corrected chi connectivity index (χ1v) is 8.40. The van der Waals surface area contributed by atoms with Crippen LogP contribution in [0.25, 0.3) is 27.4 Å². The second-order valence-electron chi connectivity index (χ2n) is 5.58. The summed E-state index contributed by atoms with van der Waals surface area (Å²) in [5.41, 5.74) is 4.78. The van der Waals surface area contributed by atoms with Crippen molar-refractivity contribution in [2.75, 3.05) is 7.11 Å². The number of thiophene rings is 1. The molecule has 0 aliphatic heterocycles. The molecule has 0 radical (unpaired) electrons. The molecular formula is C18H15N3O2S. The summed E-state index contributed by atoms with van der Waals surface area (Å²) in [7, 11) is 1.39. The van der Waals surface area contributed by atoms with Crippen LogP contribution in [0.3, 0.4) is 0 Å². The molecule has 1 aromatic carbocycles. The van der Waals surface area contributed by atoms with E-state index in [4.69, 9.17) is 4.74 Å². The van der Waals surface area contributed by atoms with Crippen molar-refractivity contribution in [3.8, 4) is 10.6 Å². The van der Waals surface area contributed by atoms with Gasteiger partial charge in [-0.25, -0.2) is 14.8 Å². The van der Waals surface area contributed by atoms with Gasteiger partial charge >= 0.3 is 5.97 Å². The van der Waals surface area contributed by atoms with Crippen molar-refractivity contribution in [2.24, 2.45) is 0 Å². The molecule has 3 aromatic heterocycles. The molecule has 0 amide bonds. The average Bonchev–Trinajstić information content (AvgIpc) is 3.15. The van der Waals surface area contributed by atoms with Crippen LogP contribution in [0.4, 0.5) is 0 Å². The Hall–Kier alpha value is -2.73. The highest BCUT2D eigenvalue weighted by Gasteiger charge is 2.24. The zero-order valence-corrected chi connectivity index (χ0v) is 14.3. The smallest absolute Gasteiger partial charge is 0.341 e. The number of rotatable bonds is 2. The normalized spacial score (nSPS) is 11.3. The molecule has 0 N–H and O–H groups in total. The number of hydrogen-bond donors (Lipinski definition) is 0. The second-order valence-corrected chi connectivity index (χ2v) is 6.50. The van der Waals surface area contributed by atoms with Gasteiger partial charge in [0.05, 0.1) is 34.4 Å². The van der Waals surface area contributed by atoms with Crippen molar-refractivity contribution in [3.05, 3.63) is 52.5 Å². The molecule has 6 heteroatoms. The largest absolute Gasteiger partial charge is 0.465 e. The maximum Gasteiger partial charge on any atom is 0.341 e. The van der Waals surface area contributed by atoms with Gasteiger partial charge in [-0.3, -0.25) is 4.40 Å². The first-order valence-electron chi connectivity index (χ1n) is 7.52. The molecule has 0 atom stereocenters. The molecule has 3 heterocycles. The van der Waals surface area contributed by atoms with Crippen molar-refractivity contribution in [1.82, 2.24) is 14.4 Å². The Morgan fingerprint density at radius 2 is 1.96 bits per heavy atom. The molecule has 0 saturated carbocycles. The van der Waals surface area contributed by atoms with Crippen molar-refractivity contribution in [1.29, 1.82) is 0 Å². The average molecular weight is 337 g/mol. The molecule has 4 aromatic rings. The number of methoxy groups -OCH3 is 1. The lowest BCUT2D eigenvalue weighted by Crippen LogP contribution is -2.12. The Morgan fingerprint density at radius 1 is 1.17 bits per heavy atom. The Bertz CT molecular complexity index is 1090. The van der Waals surface area contributed by atoms with Crippen LogP contribution in [-0.2, 0) is 4.74 Å². The monoisotopic (exact) mass is 337 g/mol. The summed E-state index contributed by atoms with van der Waals surface area (Å²) in [4.78, 5) is 22.6. The summed E-state index contributed by atoms with van der Waals surface area (Å²) in [6.45, 7) is 3.85. The van der Waals surface area contributed by atoms with Gasteiger partial charge in [0, 0.05) is 0 Å². The van der Waals surface area contributed by atoms with Gasteiger partial charge in [0.2, 0.25) is 5.78 Å². The van der Waals surface area contributed by atoms with Crippen molar-refractivity contribution in [2.45, 2.75) is 13.8 Å². The van der Waals surface area contributed by atoms with Crippen LogP contribution in [0.5, 0.6) is 0 Å². The minimum absolute atomic E-state index is 0.387. The fourth-order valence-electron chi connectivity index (χ4n) is 2.97. The molecule has 0 fully saturated rings. The SMILES string of the molecule is COC(=O)c1c(C)nc2nc3ccccc3n2c1-c1sccc1C. The molecule has 0 bridgehead atoms. The van der Waals surface area contributed by atoms with Crippen LogP contribution in [0.1, 0.15) is 21.6 Å². The summed E-state index contributed by atoms with van der Waals surface area (Å²) < 4.78 is 6.98. The Morgan fingerprint density at radius 3 is 2.67 bits per heavy atom. The van der Waals surface area contributed by atoms with E-state index in [9.17, 15) is 4.79 Å². The molecule has 120 valence electrons. The molecule has 0 unspecified atom stereocenters. The lowest BCUT2D eigenvalue weighted by Gasteiger charge is -2.13. The summed E-state index contributed by atoms with van der Waals surface area (Å²) >= 11 is 1.60. The summed E-state index contributed by atoms with van der Waals surface area (Å²) in [5.74, 6) is 0.201. The predicted molar refractivity (Wildman–Crippen MR) is 94.6 cm³/mol. The summed E-state index contributed by atoms with van der Waals surface area (Å²) in [6.07, 6.45) is 0. The number of aromatic nitrogens is 3. The summed E-state index contributed by atoms with van der Waals surface area (Å²) in [5, 5.41) is 2.02. The van der Waals surface area contributed by atoms with Crippen LogP contribution in [0, 0.1) is 13.8 Å². The highest BCUT2D eigenvalue weighted by atomic mass is 32.1. The van der Waals surface area contributed by atoms with E-state index in [2.05, 4.69) is 9.97 Å². The van der Waals surface area contributed by atoms with Gasteiger partial charge in [-0.1, -0.05) is 12.1 Å². The van der Waals surface area contributed by atoms with Crippen molar-refractivity contribution in [3.63, 3.8) is 0 Å². The quantitative estimate of drug-likeness (QED) is 0.519. The fourth-order valence-corrected chi connectivity index (χ4v) is 3.94. The van der Waals surface area contributed by atoms with Gasteiger partial charge in [-0.05, 0) is 43.0 Å². The summed E-state index contributed by atoms with van der Waals surface area (Å²) in [6, 6.07) is 9.88. The minimum atomic E-state index is -0.387. The van der Waals surface area contributed by atoms with E-state index in [1.165, 1.54) is 7.11 Å². The third kappa shape index (κ3) is 2.03. The van der Waals surface area contributed by atoms with E-state index >= 15 is 0 Å². The second kappa shape index (κ2) is 5.42. The number of carbonyl (C=O) groups excluding carboxylic acids is 1. The number of imidazole rings is 1. The van der Waals surface area contributed by atoms with Gasteiger partial charge < -0.3 is 4.74 Å². The third-order valence-corrected chi connectivity index (χ3v) is 5.12. The number of esters is 1. The predicted octanol–water partition coefficient (Wildman–Crippen LogP) is 4.01. The van der Waals surface area contributed by atoms with Crippen LogP contribution in [0.2, 0.25) is 0 Å². The first kappa shape index (κ1) is 14.8. The zero-order valence-electron chi connectivity index (χ0n) is 13.5.